The Morgan fingerprint density at radius 1 is 1.15 bits per heavy atom. The van der Waals surface area contributed by atoms with E-state index in [-0.39, 0.29) is 30.1 Å². The number of nitrogens with zero attached hydrogens (tertiary/aromatic N) is 1. The molecule has 2 aliphatic rings. The van der Waals surface area contributed by atoms with Crippen molar-refractivity contribution in [3.63, 3.8) is 0 Å². The van der Waals surface area contributed by atoms with Crippen molar-refractivity contribution < 1.29 is 19.1 Å². The number of hydrogen-bond acceptors (Lipinski definition) is 5. The Morgan fingerprint density at radius 3 is 2.48 bits per heavy atom. The molecule has 0 aromatic heterocycles. The summed E-state index contributed by atoms with van der Waals surface area (Å²) in [6.07, 6.45) is 3.36. The molecule has 2 aromatic rings. The number of ether oxygens (including phenoxy) is 2. The summed E-state index contributed by atoms with van der Waals surface area (Å²) in [5, 5.41) is 0.503. The van der Waals surface area contributed by atoms with Gasteiger partial charge in [0.1, 0.15) is 11.4 Å². The van der Waals surface area contributed by atoms with E-state index in [0.717, 1.165) is 55.6 Å². The summed E-state index contributed by atoms with van der Waals surface area (Å²) in [7, 11) is 1.62. The number of Topliss-reactive ketones (excluding diaryl/α,β-unsaturated/α-hetero) is 1. The van der Waals surface area contributed by atoms with Gasteiger partial charge in [-0.3, -0.25) is 9.59 Å². The number of rotatable bonds is 6. The summed E-state index contributed by atoms with van der Waals surface area (Å²) in [5.74, 6) is 0.575. The van der Waals surface area contributed by atoms with E-state index in [4.69, 9.17) is 21.1 Å². The largest absolute Gasteiger partial charge is 0.496 e. The van der Waals surface area contributed by atoms with Gasteiger partial charge in [-0.25, -0.2) is 0 Å². The summed E-state index contributed by atoms with van der Waals surface area (Å²) >= 11 is 6.40. The van der Waals surface area contributed by atoms with E-state index in [1.54, 1.807) is 13.2 Å². The molecule has 1 atom stereocenters. The van der Waals surface area contributed by atoms with Crippen LogP contribution in [0.4, 0.5) is 0 Å². The highest BCUT2D eigenvalue weighted by Crippen LogP contribution is 2.40. The van der Waals surface area contributed by atoms with Gasteiger partial charge in [0.15, 0.2) is 5.78 Å². The maximum Gasteiger partial charge on any atom is 0.306 e. The molecule has 7 heteroatoms. The van der Waals surface area contributed by atoms with Gasteiger partial charge in [-0.1, -0.05) is 48.9 Å². The lowest BCUT2D eigenvalue weighted by Gasteiger charge is -2.42. The van der Waals surface area contributed by atoms with Crippen molar-refractivity contribution >= 4 is 35.8 Å². The number of benzene rings is 2. The molecule has 178 valence electrons. The number of carbonyl (C=O) groups excluding carboxylic acids is 2. The molecule has 0 spiro atoms. The highest BCUT2D eigenvalue weighted by molar-refractivity contribution is 6.34. The Labute approximate surface area is 206 Å². The fraction of sp³-hybridized carbons (Fsp3) is 0.462. The number of esters is 1. The number of halogens is 2. The third-order valence-corrected chi connectivity index (χ3v) is 7.15. The van der Waals surface area contributed by atoms with E-state index < -0.39 is 5.60 Å². The molecule has 0 amide bonds. The predicted molar refractivity (Wildman–Crippen MR) is 132 cm³/mol. The van der Waals surface area contributed by atoms with Crippen LogP contribution in [0, 0.1) is 5.92 Å². The quantitative estimate of drug-likeness (QED) is 0.502. The molecular formula is C26H31Cl2NO4. The summed E-state index contributed by atoms with van der Waals surface area (Å²) in [6.45, 7) is 4.06. The van der Waals surface area contributed by atoms with Crippen LogP contribution < -0.4 is 4.74 Å². The Hall–Kier alpha value is -2.08. The first-order valence-corrected chi connectivity index (χ1v) is 11.7. The summed E-state index contributed by atoms with van der Waals surface area (Å²) in [4.78, 5) is 27.8. The van der Waals surface area contributed by atoms with Crippen molar-refractivity contribution in [2.45, 2.75) is 44.6 Å². The Morgan fingerprint density at radius 2 is 1.85 bits per heavy atom. The van der Waals surface area contributed by atoms with Gasteiger partial charge in [0.2, 0.25) is 0 Å². The molecule has 5 nitrogen and oxygen atoms in total. The average Bonchev–Trinajstić information content (AvgIpc) is 2.82. The SMILES string of the molecule is CCC(=O)OC1(c2ccccc2)CCN(CC2CCc3c(OC)ccc(Cl)c3C2=O)CC1.Cl. The average molecular weight is 492 g/mol. The normalized spacial score (nSPS) is 19.8. The minimum absolute atomic E-state index is 0. The maximum atomic E-state index is 13.3. The van der Waals surface area contributed by atoms with Gasteiger partial charge >= 0.3 is 5.97 Å². The van der Waals surface area contributed by atoms with E-state index in [1.807, 2.05) is 43.3 Å². The van der Waals surface area contributed by atoms with Crippen LogP contribution in [0.2, 0.25) is 5.02 Å². The van der Waals surface area contributed by atoms with E-state index in [1.165, 1.54) is 0 Å². The number of piperidine rings is 1. The molecule has 1 unspecified atom stereocenters. The second-order valence-electron chi connectivity index (χ2n) is 8.69. The molecule has 33 heavy (non-hydrogen) atoms. The Kier molecular flexibility index (Phi) is 8.43. The van der Waals surface area contributed by atoms with Crippen LogP contribution in [0.5, 0.6) is 5.75 Å². The fourth-order valence-electron chi connectivity index (χ4n) is 5.02. The van der Waals surface area contributed by atoms with Crippen molar-refractivity contribution in [3.8, 4) is 5.75 Å². The molecule has 1 aliphatic heterocycles. The Balaban J connectivity index is 0.00000306. The van der Waals surface area contributed by atoms with Gasteiger partial charge in [-0.2, -0.15) is 0 Å². The molecule has 0 radical (unpaired) electrons. The smallest absolute Gasteiger partial charge is 0.306 e. The number of fused-ring (bicyclic) bond motifs is 1. The van der Waals surface area contributed by atoms with Gasteiger partial charge < -0.3 is 14.4 Å². The zero-order valence-corrected chi connectivity index (χ0v) is 20.7. The fourth-order valence-corrected chi connectivity index (χ4v) is 5.29. The van der Waals surface area contributed by atoms with Crippen LogP contribution in [-0.4, -0.2) is 43.4 Å². The first-order valence-electron chi connectivity index (χ1n) is 11.4. The van der Waals surface area contributed by atoms with Crippen LogP contribution in [0.3, 0.4) is 0 Å². The lowest BCUT2D eigenvalue weighted by atomic mass is 9.80. The number of ketones is 1. The zero-order valence-electron chi connectivity index (χ0n) is 19.1. The second kappa shape index (κ2) is 10.9. The molecule has 1 heterocycles. The standard InChI is InChI=1S/C26H30ClNO4.ClH/c1-3-23(29)32-26(19-7-5-4-6-8-19)13-15-28(16-14-26)17-18-9-10-20-22(31-2)12-11-21(27)24(20)25(18)30;/h4-8,11-12,18H,3,9-10,13-17H2,1-2H3;1H. The van der Waals surface area contributed by atoms with Crippen LogP contribution in [0.15, 0.2) is 42.5 Å². The first-order chi connectivity index (χ1) is 15.5. The summed E-state index contributed by atoms with van der Waals surface area (Å²) < 4.78 is 11.4. The second-order valence-corrected chi connectivity index (χ2v) is 9.10. The zero-order chi connectivity index (χ0) is 22.7. The van der Waals surface area contributed by atoms with E-state index in [2.05, 4.69) is 4.90 Å². The van der Waals surface area contributed by atoms with Crippen molar-refractivity contribution in [3.05, 3.63) is 64.2 Å². The molecule has 0 N–H and O–H groups in total. The monoisotopic (exact) mass is 491 g/mol. The van der Waals surface area contributed by atoms with Crippen LogP contribution in [0.1, 0.15) is 54.1 Å². The van der Waals surface area contributed by atoms with E-state index >= 15 is 0 Å². The van der Waals surface area contributed by atoms with Gasteiger partial charge in [0.05, 0.1) is 12.1 Å². The van der Waals surface area contributed by atoms with Gasteiger partial charge in [0, 0.05) is 55.9 Å². The number of methoxy groups -OCH3 is 1. The number of likely N-dealkylation sites (tertiary alicyclic amines) is 1. The number of hydrogen-bond donors (Lipinski definition) is 0. The first kappa shape index (κ1) is 25.5. The van der Waals surface area contributed by atoms with Crippen LogP contribution >= 0.6 is 24.0 Å². The number of carbonyl (C=O) groups is 2. The molecule has 4 rings (SSSR count). The van der Waals surface area contributed by atoms with Crippen LogP contribution in [0.25, 0.3) is 0 Å². The van der Waals surface area contributed by atoms with Gasteiger partial charge in [0.25, 0.3) is 0 Å². The van der Waals surface area contributed by atoms with Crippen LogP contribution in [-0.2, 0) is 21.6 Å². The molecule has 1 aliphatic carbocycles. The van der Waals surface area contributed by atoms with Crippen molar-refractivity contribution in [1.82, 2.24) is 4.90 Å². The topological polar surface area (TPSA) is 55.8 Å². The molecule has 0 bridgehead atoms. The Bertz CT molecular complexity index is 987. The molecule has 2 aromatic carbocycles. The highest BCUT2D eigenvalue weighted by atomic mass is 35.5. The molecule has 0 saturated carbocycles. The summed E-state index contributed by atoms with van der Waals surface area (Å²) in [6, 6.07) is 13.6. The molecule has 1 fully saturated rings. The third kappa shape index (κ3) is 5.21. The van der Waals surface area contributed by atoms with Gasteiger partial charge in [-0.15, -0.1) is 12.4 Å². The third-order valence-electron chi connectivity index (χ3n) is 6.84. The van der Waals surface area contributed by atoms with E-state index in [0.29, 0.717) is 23.6 Å². The lowest BCUT2D eigenvalue weighted by Crippen LogP contribution is -2.47. The molecule has 1 saturated heterocycles. The predicted octanol–water partition coefficient (Wildman–Crippen LogP) is 5.46. The van der Waals surface area contributed by atoms with Crippen molar-refractivity contribution in [2.24, 2.45) is 5.92 Å². The van der Waals surface area contributed by atoms with Gasteiger partial charge in [-0.05, 0) is 30.5 Å². The maximum absolute atomic E-state index is 13.3. The van der Waals surface area contributed by atoms with Crippen molar-refractivity contribution in [1.29, 1.82) is 0 Å². The lowest BCUT2D eigenvalue weighted by molar-refractivity contribution is -0.166. The van der Waals surface area contributed by atoms with E-state index in [9.17, 15) is 9.59 Å². The molecular weight excluding hydrogens is 461 g/mol. The minimum atomic E-state index is -0.593. The highest BCUT2D eigenvalue weighted by Gasteiger charge is 2.41. The van der Waals surface area contributed by atoms with Crippen molar-refractivity contribution in [2.75, 3.05) is 26.7 Å². The minimum Gasteiger partial charge on any atom is -0.496 e. The summed E-state index contributed by atoms with van der Waals surface area (Å²) in [5.41, 5.74) is 2.00.